The van der Waals surface area contributed by atoms with Crippen LogP contribution in [0.3, 0.4) is 0 Å². The topological polar surface area (TPSA) is 68.3 Å². The van der Waals surface area contributed by atoms with E-state index >= 15 is 0 Å². The first-order valence-corrected chi connectivity index (χ1v) is 6.63. The Hall–Kier alpha value is -0.245. The van der Waals surface area contributed by atoms with Gasteiger partial charge >= 0.3 is 5.51 Å². The molecule has 0 aliphatic heterocycles. The second kappa shape index (κ2) is 3.72. The first kappa shape index (κ1) is 13.8. The van der Waals surface area contributed by atoms with Gasteiger partial charge in [-0.05, 0) is 0 Å². The van der Waals surface area contributed by atoms with Crippen molar-refractivity contribution in [2.45, 2.75) is 16.4 Å². The lowest BCUT2D eigenvalue weighted by Crippen LogP contribution is -2.38. The van der Waals surface area contributed by atoms with E-state index in [-0.39, 0.29) is 0 Å². The first-order chi connectivity index (χ1) is 5.94. The van der Waals surface area contributed by atoms with Gasteiger partial charge in [-0.25, -0.2) is 16.8 Å². The number of rotatable bonds is 3. The molecule has 0 saturated heterocycles. The van der Waals surface area contributed by atoms with Crippen LogP contribution >= 0.6 is 0 Å². The van der Waals surface area contributed by atoms with Gasteiger partial charge in [0.1, 0.15) is 0 Å². The van der Waals surface area contributed by atoms with Crippen molar-refractivity contribution in [3.8, 4) is 0 Å². The summed E-state index contributed by atoms with van der Waals surface area (Å²) in [5.41, 5.74) is -5.61. The molecule has 0 N–H and O–H groups in total. The predicted octanol–water partition coefficient (Wildman–Crippen LogP) is -0.122. The number of hydrogen-bond donors (Lipinski definition) is 0. The molecule has 0 bridgehead atoms. The van der Waals surface area contributed by atoms with Gasteiger partial charge in [0.2, 0.25) is 0 Å². The van der Waals surface area contributed by atoms with Crippen molar-refractivity contribution in [2.75, 3.05) is 6.26 Å². The van der Waals surface area contributed by atoms with Crippen LogP contribution < -0.4 is 0 Å². The van der Waals surface area contributed by atoms with Crippen molar-refractivity contribution in [1.29, 1.82) is 0 Å². The molecule has 0 rings (SSSR count). The Balaban J connectivity index is 5.52. The van der Waals surface area contributed by atoms with Crippen molar-refractivity contribution in [3.05, 3.63) is 0 Å². The molecule has 0 aromatic carbocycles. The van der Waals surface area contributed by atoms with Crippen molar-refractivity contribution >= 4 is 27.5 Å². The minimum Gasteiger partial charge on any atom is -0.228 e. The van der Waals surface area contributed by atoms with Crippen LogP contribution in [0.25, 0.3) is 0 Å². The van der Waals surface area contributed by atoms with E-state index in [9.17, 15) is 30.0 Å². The number of hydrogen-bond acceptors (Lipinski definition) is 4. The lowest BCUT2D eigenvalue weighted by Gasteiger charge is -2.15. The van der Waals surface area contributed by atoms with E-state index in [0.717, 1.165) is 0 Å². The molecule has 0 spiro atoms. The number of halogens is 3. The van der Waals surface area contributed by atoms with Crippen LogP contribution in [0.5, 0.6) is 0 Å². The second-order valence-corrected chi connectivity index (χ2v) is 7.13. The smallest absolute Gasteiger partial charge is 0.228 e. The monoisotopic (exact) mass is 250 g/mol. The zero-order valence-electron chi connectivity index (χ0n) is 6.95. The first-order valence-electron chi connectivity index (χ1n) is 3.13. The molecule has 0 aromatic heterocycles. The molecule has 2 radical (unpaired) electrons. The molecule has 0 heterocycles. The van der Waals surface area contributed by atoms with E-state index in [1.807, 2.05) is 0 Å². The van der Waals surface area contributed by atoms with E-state index in [2.05, 4.69) is 7.85 Å². The maximum Gasteiger partial charge on any atom is 0.498 e. The third-order valence-electron chi connectivity index (χ3n) is 1.34. The van der Waals surface area contributed by atoms with Gasteiger partial charge in [-0.1, -0.05) is 6.32 Å². The van der Waals surface area contributed by atoms with Crippen LogP contribution in [0.4, 0.5) is 13.2 Å². The van der Waals surface area contributed by atoms with Crippen molar-refractivity contribution in [3.63, 3.8) is 0 Å². The zero-order chi connectivity index (χ0) is 11.8. The van der Waals surface area contributed by atoms with Crippen molar-refractivity contribution < 1.29 is 30.0 Å². The molecule has 0 saturated carbocycles. The average molecular weight is 250 g/mol. The van der Waals surface area contributed by atoms with Crippen LogP contribution in [-0.4, -0.2) is 41.0 Å². The highest BCUT2D eigenvalue weighted by Crippen LogP contribution is 2.30. The maximum absolute atomic E-state index is 11.9. The summed E-state index contributed by atoms with van der Waals surface area (Å²) in [4.78, 5) is 0. The molecule has 0 aromatic rings. The Morgan fingerprint density at radius 3 is 1.64 bits per heavy atom. The van der Waals surface area contributed by atoms with Gasteiger partial charge in [-0.3, -0.25) is 0 Å². The third kappa shape index (κ3) is 2.63. The fourth-order valence-electron chi connectivity index (χ4n) is 0.681. The molecule has 1 unspecified atom stereocenters. The predicted molar refractivity (Wildman–Crippen MR) is 44.2 cm³/mol. The highest BCUT2D eigenvalue weighted by atomic mass is 32.3. The molecular formula is C4H6BF3O4S2. The number of sulfone groups is 2. The lowest BCUT2D eigenvalue weighted by molar-refractivity contribution is -0.0437. The Kier molecular flexibility index (Phi) is 3.66. The summed E-state index contributed by atoms with van der Waals surface area (Å²) in [5.74, 6) is 0. The number of alkyl halides is 3. The summed E-state index contributed by atoms with van der Waals surface area (Å²) in [7, 11) is -5.46. The minimum atomic E-state index is -5.76. The summed E-state index contributed by atoms with van der Waals surface area (Å²) in [5, 5.41) is 0. The quantitative estimate of drug-likeness (QED) is 0.655. The van der Waals surface area contributed by atoms with E-state index < -0.39 is 36.1 Å². The molecule has 1 atom stereocenters. The molecule has 0 amide bonds. The van der Waals surface area contributed by atoms with E-state index in [1.165, 1.54) is 0 Å². The highest BCUT2D eigenvalue weighted by molar-refractivity contribution is 8.09. The molecule has 82 valence electrons. The largest absolute Gasteiger partial charge is 0.498 e. The molecule has 10 heteroatoms. The van der Waals surface area contributed by atoms with Gasteiger partial charge in [-0.15, -0.1) is 0 Å². The van der Waals surface area contributed by atoms with Crippen LogP contribution in [0.1, 0.15) is 0 Å². The highest BCUT2D eigenvalue weighted by Gasteiger charge is 2.53. The molecule has 0 aliphatic carbocycles. The minimum absolute atomic E-state index is 0.383. The van der Waals surface area contributed by atoms with Crippen molar-refractivity contribution in [2.24, 2.45) is 0 Å². The molecular weight excluding hydrogens is 244 g/mol. The summed E-state index contributed by atoms with van der Waals surface area (Å²) >= 11 is 0. The van der Waals surface area contributed by atoms with Gasteiger partial charge in [0.25, 0.3) is 9.84 Å². The fraction of sp³-hybridized carbons (Fsp3) is 1.00. The standard InChI is InChI=1S/C4H6BF3O4S2/c1-13(9,10)3(2-5)14(11,12)4(6,7)8/h3H,2H2,1H3. The van der Waals surface area contributed by atoms with Crippen molar-refractivity contribution in [1.82, 2.24) is 0 Å². The molecule has 0 aliphatic rings. The summed E-state index contributed by atoms with van der Waals surface area (Å²) in [6, 6.07) is 0. The van der Waals surface area contributed by atoms with Crippen LogP contribution in [-0.2, 0) is 19.7 Å². The van der Waals surface area contributed by atoms with Gasteiger partial charge in [0.05, 0.1) is 7.85 Å². The van der Waals surface area contributed by atoms with Gasteiger partial charge in [0.15, 0.2) is 14.4 Å². The van der Waals surface area contributed by atoms with Gasteiger partial charge in [0, 0.05) is 6.26 Å². The Morgan fingerprint density at radius 2 is 1.57 bits per heavy atom. The lowest BCUT2D eigenvalue weighted by atomic mass is 10.1. The molecule has 14 heavy (non-hydrogen) atoms. The maximum atomic E-state index is 11.9. The van der Waals surface area contributed by atoms with Crippen LogP contribution in [0.2, 0.25) is 6.32 Å². The Morgan fingerprint density at radius 1 is 1.21 bits per heavy atom. The third-order valence-corrected chi connectivity index (χ3v) is 5.82. The summed E-state index contributed by atoms with van der Waals surface area (Å²) in [6.07, 6.45) is -0.742. The summed E-state index contributed by atoms with van der Waals surface area (Å²) < 4.78 is 75.7. The van der Waals surface area contributed by atoms with Crippen LogP contribution in [0.15, 0.2) is 0 Å². The van der Waals surface area contributed by atoms with E-state index in [1.54, 1.807) is 0 Å². The SMILES string of the molecule is [B]CC(S(C)(=O)=O)S(=O)(=O)C(F)(F)F. The normalized spacial score (nSPS) is 16.6. The van der Waals surface area contributed by atoms with Crippen LogP contribution in [0, 0.1) is 0 Å². The molecule has 0 fully saturated rings. The zero-order valence-corrected chi connectivity index (χ0v) is 8.58. The van der Waals surface area contributed by atoms with Gasteiger partial charge in [-0.2, -0.15) is 13.2 Å². The Labute approximate surface area is 80.7 Å². The van der Waals surface area contributed by atoms with E-state index in [4.69, 9.17) is 0 Å². The average Bonchev–Trinajstić information content (AvgIpc) is 1.80. The van der Waals surface area contributed by atoms with E-state index in [0.29, 0.717) is 6.26 Å². The molecule has 4 nitrogen and oxygen atoms in total. The Bertz CT molecular complexity index is 395. The second-order valence-electron chi connectivity index (χ2n) is 2.49. The van der Waals surface area contributed by atoms with Gasteiger partial charge < -0.3 is 0 Å². The summed E-state index contributed by atoms with van der Waals surface area (Å²) in [6.45, 7) is 0. The fourth-order valence-corrected chi connectivity index (χ4v) is 3.75.